The zero-order valence-corrected chi connectivity index (χ0v) is 14.7. The maximum Gasteiger partial charge on any atom is 0.337 e. The zero-order chi connectivity index (χ0) is 17.8. The van der Waals surface area contributed by atoms with Crippen LogP contribution in [0.4, 0.5) is 0 Å². The Balaban J connectivity index is 1.91. The second kappa shape index (κ2) is 7.42. The lowest BCUT2D eigenvalue weighted by atomic mass is 10.1. The average Bonchev–Trinajstić information content (AvgIpc) is 3.00. The molecule has 1 N–H and O–H groups in total. The fourth-order valence-electron chi connectivity index (χ4n) is 2.16. The second-order valence-electron chi connectivity index (χ2n) is 5.03. The van der Waals surface area contributed by atoms with E-state index in [-0.39, 0.29) is 5.97 Å². The van der Waals surface area contributed by atoms with E-state index >= 15 is 0 Å². The van der Waals surface area contributed by atoms with Crippen LogP contribution in [0.1, 0.15) is 15.9 Å². The Labute approximate surface area is 153 Å². The van der Waals surface area contributed by atoms with Gasteiger partial charge in [-0.25, -0.2) is 9.89 Å². The van der Waals surface area contributed by atoms with Crippen molar-refractivity contribution in [3.8, 4) is 11.4 Å². The summed E-state index contributed by atoms with van der Waals surface area (Å²) in [6.07, 6.45) is 1.63. The quantitative estimate of drug-likeness (QED) is 0.428. The number of ether oxygens (including phenoxy) is 1. The normalized spacial score (nSPS) is 11.0. The maximum absolute atomic E-state index is 11.4. The van der Waals surface area contributed by atoms with Crippen LogP contribution in [0.3, 0.4) is 0 Å². The van der Waals surface area contributed by atoms with Crippen LogP contribution in [0.25, 0.3) is 11.4 Å². The minimum Gasteiger partial charge on any atom is -0.465 e. The molecule has 0 atom stereocenters. The summed E-state index contributed by atoms with van der Waals surface area (Å²) in [6.45, 7) is 0. The molecule has 3 aromatic rings. The molecule has 1 aromatic heterocycles. The minimum absolute atomic E-state index is 0.359. The van der Waals surface area contributed by atoms with E-state index in [1.54, 1.807) is 42.6 Å². The molecule has 8 heteroatoms. The molecule has 0 amide bonds. The molecule has 0 aliphatic heterocycles. The molecule has 2 aromatic carbocycles. The van der Waals surface area contributed by atoms with Crippen LogP contribution in [-0.4, -0.2) is 34.2 Å². The molecule has 6 nitrogen and oxygen atoms in total. The van der Waals surface area contributed by atoms with Crippen molar-refractivity contribution in [2.24, 2.45) is 5.10 Å². The Morgan fingerprint density at radius 3 is 2.76 bits per heavy atom. The molecule has 0 saturated heterocycles. The smallest absolute Gasteiger partial charge is 0.337 e. The van der Waals surface area contributed by atoms with E-state index in [0.717, 1.165) is 11.1 Å². The Morgan fingerprint density at radius 1 is 1.32 bits per heavy atom. The average molecular weight is 373 g/mol. The van der Waals surface area contributed by atoms with Crippen molar-refractivity contribution in [1.82, 2.24) is 14.9 Å². The van der Waals surface area contributed by atoms with E-state index in [0.29, 0.717) is 21.2 Å². The van der Waals surface area contributed by atoms with Gasteiger partial charge in [0.05, 0.1) is 18.9 Å². The highest BCUT2D eigenvalue weighted by atomic mass is 35.5. The van der Waals surface area contributed by atoms with Crippen molar-refractivity contribution in [2.45, 2.75) is 0 Å². The van der Waals surface area contributed by atoms with Crippen LogP contribution in [-0.2, 0) is 4.74 Å². The standard InChI is InChI=1S/C17H13ClN4O2S/c1-24-16(23)12-7-5-11(6-8-12)10-19-22-15(20-21-17(22)25)13-3-2-4-14(18)9-13/h2-10H,1H3,(H,21,25)/b19-10-. The first-order valence-corrected chi connectivity index (χ1v) is 8.03. The number of hydrogen-bond donors (Lipinski definition) is 1. The molecule has 126 valence electrons. The lowest BCUT2D eigenvalue weighted by Crippen LogP contribution is -2.01. The monoisotopic (exact) mass is 372 g/mol. The summed E-state index contributed by atoms with van der Waals surface area (Å²) in [7, 11) is 1.34. The number of H-pyrrole nitrogens is 1. The lowest BCUT2D eigenvalue weighted by Gasteiger charge is -2.02. The summed E-state index contributed by atoms with van der Waals surface area (Å²) in [4.78, 5) is 11.4. The fourth-order valence-corrected chi connectivity index (χ4v) is 2.53. The van der Waals surface area contributed by atoms with E-state index in [4.69, 9.17) is 23.8 Å². The third-order valence-corrected chi connectivity index (χ3v) is 3.89. The van der Waals surface area contributed by atoms with Crippen molar-refractivity contribution in [3.63, 3.8) is 0 Å². The van der Waals surface area contributed by atoms with E-state index in [2.05, 4.69) is 20.0 Å². The molecule has 0 bridgehead atoms. The van der Waals surface area contributed by atoms with Gasteiger partial charge in [0.25, 0.3) is 0 Å². The summed E-state index contributed by atoms with van der Waals surface area (Å²) in [5, 5.41) is 11.9. The SMILES string of the molecule is COC(=O)c1ccc(/C=N\n2c(-c3cccc(Cl)c3)n[nH]c2=S)cc1. The Morgan fingerprint density at radius 2 is 2.08 bits per heavy atom. The molecule has 3 rings (SSSR count). The second-order valence-corrected chi connectivity index (χ2v) is 5.86. The summed E-state index contributed by atoms with van der Waals surface area (Å²) >= 11 is 11.3. The molecule has 0 aliphatic carbocycles. The van der Waals surface area contributed by atoms with Gasteiger partial charge in [0, 0.05) is 10.6 Å². The number of aromatic amines is 1. The third-order valence-electron chi connectivity index (χ3n) is 3.39. The van der Waals surface area contributed by atoms with Crippen LogP contribution in [0.2, 0.25) is 5.02 Å². The Kier molecular flexibility index (Phi) is 5.06. The number of halogens is 1. The van der Waals surface area contributed by atoms with Crippen molar-refractivity contribution < 1.29 is 9.53 Å². The topological polar surface area (TPSA) is 72.3 Å². The van der Waals surface area contributed by atoms with Crippen molar-refractivity contribution in [1.29, 1.82) is 0 Å². The summed E-state index contributed by atoms with van der Waals surface area (Å²) in [5.41, 5.74) is 2.06. The number of carbonyl (C=O) groups is 1. The highest BCUT2D eigenvalue weighted by molar-refractivity contribution is 7.71. The predicted molar refractivity (Wildman–Crippen MR) is 98.6 cm³/mol. The molecule has 0 fully saturated rings. The number of methoxy groups -OCH3 is 1. The van der Waals surface area contributed by atoms with Crippen molar-refractivity contribution in [3.05, 3.63) is 69.5 Å². The van der Waals surface area contributed by atoms with E-state index in [1.807, 2.05) is 12.1 Å². The Bertz CT molecular complexity index is 992. The van der Waals surface area contributed by atoms with Gasteiger partial charge >= 0.3 is 5.97 Å². The third kappa shape index (κ3) is 3.84. The molecule has 0 unspecified atom stereocenters. The van der Waals surface area contributed by atoms with Gasteiger partial charge in [-0.15, -0.1) is 0 Å². The summed E-state index contributed by atoms with van der Waals surface area (Å²) in [5.74, 6) is 0.165. The van der Waals surface area contributed by atoms with E-state index in [9.17, 15) is 4.79 Å². The number of hydrogen-bond acceptors (Lipinski definition) is 5. The van der Waals surface area contributed by atoms with Gasteiger partial charge in [-0.05, 0) is 42.0 Å². The number of nitrogens with one attached hydrogen (secondary N) is 1. The summed E-state index contributed by atoms with van der Waals surface area (Å²) in [6, 6.07) is 14.1. The van der Waals surface area contributed by atoms with E-state index in [1.165, 1.54) is 11.8 Å². The van der Waals surface area contributed by atoms with Gasteiger partial charge in [-0.2, -0.15) is 14.9 Å². The number of rotatable bonds is 4. The van der Waals surface area contributed by atoms with Gasteiger partial charge < -0.3 is 4.74 Å². The van der Waals surface area contributed by atoms with Gasteiger partial charge in [-0.3, -0.25) is 0 Å². The first-order chi connectivity index (χ1) is 12.1. The highest BCUT2D eigenvalue weighted by Gasteiger charge is 2.08. The predicted octanol–water partition coefficient (Wildman–Crippen LogP) is 3.93. The molecule has 0 spiro atoms. The van der Waals surface area contributed by atoms with Crippen LogP contribution in [0.15, 0.2) is 53.6 Å². The molecule has 0 saturated carbocycles. The zero-order valence-electron chi connectivity index (χ0n) is 13.1. The lowest BCUT2D eigenvalue weighted by molar-refractivity contribution is 0.0600. The number of nitrogens with zero attached hydrogens (tertiary/aromatic N) is 3. The first kappa shape index (κ1) is 17.1. The molecular formula is C17H13ClN4O2S. The van der Waals surface area contributed by atoms with Crippen LogP contribution in [0, 0.1) is 4.77 Å². The fraction of sp³-hybridized carbons (Fsp3) is 0.0588. The van der Waals surface area contributed by atoms with Crippen LogP contribution < -0.4 is 0 Å². The first-order valence-electron chi connectivity index (χ1n) is 7.24. The molecule has 1 heterocycles. The maximum atomic E-state index is 11.4. The van der Waals surface area contributed by atoms with Gasteiger partial charge in [0.2, 0.25) is 4.77 Å². The Hall–Kier alpha value is -2.77. The molecule has 0 aliphatic rings. The van der Waals surface area contributed by atoms with Crippen LogP contribution >= 0.6 is 23.8 Å². The number of aromatic nitrogens is 3. The minimum atomic E-state index is -0.385. The largest absolute Gasteiger partial charge is 0.465 e. The molecule has 0 radical (unpaired) electrons. The van der Waals surface area contributed by atoms with Gasteiger partial charge in [-0.1, -0.05) is 35.9 Å². The van der Waals surface area contributed by atoms with Gasteiger partial charge in [0.15, 0.2) is 5.82 Å². The van der Waals surface area contributed by atoms with Crippen molar-refractivity contribution in [2.75, 3.05) is 7.11 Å². The summed E-state index contributed by atoms with van der Waals surface area (Å²) < 4.78 is 6.54. The van der Waals surface area contributed by atoms with Gasteiger partial charge in [0.1, 0.15) is 0 Å². The van der Waals surface area contributed by atoms with Crippen LogP contribution in [0.5, 0.6) is 0 Å². The number of esters is 1. The van der Waals surface area contributed by atoms with E-state index < -0.39 is 0 Å². The molecular weight excluding hydrogens is 360 g/mol. The highest BCUT2D eigenvalue weighted by Crippen LogP contribution is 2.21. The molecule has 25 heavy (non-hydrogen) atoms. The number of benzene rings is 2. The van der Waals surface area contributed by atoms with Crippen molar-refractivity contribution >= 4 is 36.0 Å². The number of carbonyl (C=O) groups excluding carboxylic acids is 1.